The molecule has 7 heteroatoms. The summed E-state index contributed by atoms with van der Waals surface area (Å²) in [5.74, 6) is -0.268. The molecule has 2 aromatic carbocycles. The quantitative estimate of drug-likeness (QED) is 0.575. The average Bonchev–Trinajstić information content (AvgIpc) is 2.51. The second-order valence-corrected chi connectivity index (χ2v) is 8.47. The van der Waals surface area contributed by atoms with E-state index in [1.165, 1.54) is 30.3 Å². The van der Waals surface area contributed by atoms with Crippen LogP contribution in [0, 0.1) is 0 Å². The SMILES string of the molecule is C/C(=N\NS(=O)(=O)c1ccc(C(C)(C)C)cc1)c1cc(O)cc(O)c1. The number of rotatable bonds is 4. The van der Waals surface area contributed by atoms with Gasteiger partial charge in [0.05, 0.1) is 10.6 Å². The van der Waals surface area contributed by atoms with Crippen molar-refractivity contribution in [1.29, 1.82) is 0 Å². The number of nitrogens with zero attached hydrogens (tertiary/aromatic N) is 1. The van der Waals surface area contributed by atoms with E-state index < -0.39 is 10.0 Å². The molecular weight excluding hydrogens is 340 g/mol. The predicted molar refractivity (Wildman–Crippen MR) is 97.4 cm³/mol. The molecule has 0 saturated carbocycles. The van der Waals surface area contributed by atoms with Crippen LogP contribution in [0.25, 0.3) is 0 Å². The highest BCUT2D eigenvalue weighted by Gasteiger charge is 2.17. The molecule has 0 bridgehead atoms. The Morgan fingerprint density at radius 3 is 2.00 bits per heavy atom. The van der Waals surface area contributed by atoms with Gasteiger partial charge in [-0.3, -0.25) is 0 Å². The summed E-state index contributed by atoms with van der Waals surface area (Å²) in [5.41, 5.74) is 1.67. The third-order valence-corrected chi connectivity index (χ3v) is 4.91. The van der Waals surface area contributed by atoms with Crippen molar-refractivity contribution >= 4 is 15.7 Å². The fraction of sp³-hybridized carbons (Fsp3) is 0.278. The molecule has 0 fully saturated rings. The van der Waals surface area contributed by atoms with E-state index in [0.29, 0.717) is 11.3 Å². The van der Waals surface area contributed by atoms with Gasteiger partial charge in [0.25, 0.3) is 10.0 Å². The summed E-state index contributed by atoms with van der Waals surface area (Å²) in [6.45, 7) is 7.72. The Bertz CT molecular complexity index is 875. The van der Waals surface area contributed by atoms with Gasteiger partial charge in [0.15, 0.2) is 0 Å². The Hall–Kier alpha value is -2.54. The monoisotopic (exact) mass is 362 g/mol. The van der Waals surface area contributed by atoms with Gasteiger partial charge in [0.1, 0.15) is 11.5 Å². The van der Waals surface area contributed by atoms with Gasteiger partial charge < -0.3 is 10.2 Å². The molecule has 134 valence electrons. The zero-order chi connectivity index (χ0) is 18.8. The molecule has 0 aliphatic carbocycles. The van der Waals surface area contributed by atoms with E-state index in [2.05, 4.69) is 9.93 Å². The van der Waals surface area contributed by atoms with Crippen LogP contribution in [0.1, 0.15) is 38.8 Å². The third-order valence-electron chi connectivity index (χ3n) is 3.68. The van der Waals surface area contributed by atoms with Crippen LogP contribution in [0.3, 0.4) is 0 Å². The van der Waals surface area contributed by atoms with Crippen LogP contribution in [0.2, 0.25) is 0 Å². The number of sulfonamides is 1. The lowest BCUT2D eigenvalue weighted by Crippen LogP contribution is -2.20. The molecule has 0 spiro atoms. The van der Waals surface area contributed by atoms with E-state index in [1.54, 1.807) is 19.1 Å². The molecule has 0 aliphatic heterocycles. The summed E-state index contributed by atoms with van der Waals surface area (Å²) in [6, 6.07) is 10.6. The largest absolute Gasteiger partial charge is 0.508 e. The van der Waals surface area contributed by atoms with E-state index in [0.717, 1.165) is 5.56 Å². The molecule has 25 heavy (non-hydrogen) atoms. The van der Waals surface area contributed by atoms with Crippen molar-refractivity contribution in [3.63, 3.8) is 0 Å². The summed E-state index contributed by atoms with van der Waals surface area (Å²) in [4.78, 5) is 2.27. The number of hydrogen-bond acceptors (Lipinski definition) is 5. The Balaban J connectivity index is 2.23. The van der Waals surface area contributed by atoms with Crippen LogP contribution < -0.4 is 4.83 Å². The maximum absolute atomic E-state index is 12.3. The van der Waals surface area contributed by atoms with Gasteiger partial charge in [0.2, 0.25) is 0 Å². The molecule has 2 aromatic rings. The normalized spacial score (nSPS) is 12.9. The van der Waals surface area contributed by atoms with Gasteiger partial charge in [-0.05, 0) is 42.2 Å². The summed E-state index contributed by atoms with van der Waals surface area (Å²) in [7, 11) is -3.81. The molecular formula is C18H22N2O4S. The minimum atomic E-state index is -3.81. The van der Waals surface area contributed by atoms with Crippen molar-refractivity contribution in [3.05, 3.63) is 53.6 Å². The van der Waals surface area contributed by atoms with Crippen LogP contribution in [-0.2, 0) is 15.4 Å². The van der Waals surface area contributed by atoms with E-state index in [-0.39, 0.29) is 21.8 Å². The Morgan fingerprint density at radius 2 is 1.52 bits per heavy atom. The van der Waals surface area contributed by atoms with Crippen LogP contribution in [0.5, 0.6) is 11.5 Å². The number of hydrogen-bond donors (Lipinski definition) is 3. The van der Waals surface area contributed by atoms with Crippen molar-refractivity contribution in [1.82, 2.24) is 4.83 Å². The zero-order valence-corrected chi connectivity index (χ0v) is 15.4. The van der Waals surface area contributed by atoms with Crippen LogP contribution in [0.4, 0.5) is 0 Å². The molecule has 0 saturated heterocycles. The molecule has 0 unspecified atom stereocenters. The number of benzene rings is 2. The zero-order valence-electron chi connectivity index (χ0n) is 14.6. The molecule has 0 aliphatic rings. The molecule has 2 rings (SSSR count). The molecule has 0 atom stereocenters. The fourth-order valence-electron chi connectivity index (χ4n) is 2.18. The molecule has 0 radical (unpaired) electrons. The molecule has 0 heterocycles. The number of nitrogens with one attached hydrogen (secondary N) is 1. The topological polar surface area (TPSA) is 99.0 Å². The predicted octanol–water partition coefficient (Wildman–Crippen LogP) is 3.10. The van der Waals surface area contributed by atoms with E-state index in [9.17, 15) is 18.6 Å². The minimum absolute atomic E-state index is 0.0677. The van der Waals surface area contributed by atoms with Crippen molar-refractivity contribution in [2.45, 2.75) is 38.0 Å². The average molecular weight is 362 g/mol. The lowest BCUT2D eigenvalue weighted by atomic mass is 9.87. The van der Waals surface area contributed by atoms with Crippen molar-refractivity contribution in [2.75, 3.05) is 0 Å². The maximum Gasteiger partial charge on any atom is 0.276 e. The second-order valence-electron chi connectivity index (χ2n) is 6.80. The number of hydrazone groups is 1. The van der Waals surface area contributed by atoms with E-state index in [4.69, 9.17) is 0 Å². The third kappa shape index (κ3) is 4.73. The Kier molecular flexibility index (Phi) is 5.08. The first-order chi connectivity index (χ1) is 11.5. The highest BCUT2D eigenvalue weighted by atomic mass is 32.2. The minimum Gasteiger partial charge on any atom is -0.508 e. The van der Waals surface area contributed by atoms with E-state index in [1.807, 2.05) is 20.8 Å². The summed E-state index contributed by atoms with van der Waals surface area (Å²) < 4.78 is 24.7. The standard InChI is InChI=1S/C18H22N2O4S/c1-12(13-9-15(21)11-16(22)10-13)19-20-25(23,24)17-7-5-14(6-8-17)18(2,3)4/h5-11,20-22H,1-4H3/b19-12+. The van der Waals surface area contributed by atoms with E-state index >= 15 is 0 Å². The van der Waals surface area contributed by atoms with Gasteiger partial charge in [-0.2, -0.15) is 18.4 Å². The fourth-order valence-corrected chi connectivity index (χ4v) is 3.04. The van der Waals surface area contributed by atoms with Crippen molar-refractivity contribution in [2.24, 2.45) is 5.10 Å². The number of phenolic OH excluding ortho intramolecular Hbond substituents is 2. The lowest BCUT2D eigenvalue weighted by Gasteiger charge is -2.19. The van der Waals surface area contributed by atoms with Crippen molar-refractivity contribution < 1.29 is 18.6 Å². The molecule has 3 N–H and O–H groups in total. The Morgan fingerprint density at radius 1 is 1.00 bits per heavy atom. The first-order valence-corrected chi connectivity index (χ1v) is 9.17. The molecule has 0 aromatic heterocycles. The van der Waals surface area contributed by atoms with Gasteiger partial charge >= 0.3 is 0 Å². The highest BCUT2D eigenvalue weighted by molar-refractivity contribution is 7.89. The smallest absolute Gasteiger partial charge is 0.276 e. The van der Waals surface area contributed by atoms with Gasteiger partial charge in [-0.15, -0.1) is 0 Å². The highest BCUT2D eigenvalue weighted by Crippen LogP contribution is 2.23. The lowest BCUT2D eigenvalue weighted by molar-refractivity contribution is 0.450. The van der Waals surface area contributed by atoms with Gasteiger partial charge in [-0.25, -0.2) is 0 Å². The number of aromatic hydroxyl groups is 2. The van der Waals surface area contributed by atoms with Crippen LogP contribution >= 0.6 is 0 Å². The summed E-state index contributed by atoms with van der Waals surface area (Å²) >= 11 is 0. The summed E-state index contributed by atoms with van der Waals surface area (Å²) in [6.07, 6.45) is 0. The molecule has 6 nitrogen and oxygen atoms in total. The van der Waals surface area contributed by atoms with Gasteiger partial charge in [-0.1, -0.05) is 32.9 Å². The van der Waals surface area contributed by atoms with Crippen LogP contribution in [-0.4, -0.2) is 24.3 Å². The Labute approximate surface area is 147 Å². The molecule has 0 amide bonds. The number of phenols is 2. The maximum atomic E-state index is 12.3. The van der Waals surface area contributed by atoms with Crippen molar-refractivity contribution in [3.8, 4) is 11.5 Å². The first kappa shape index (κ1) is 18.8. The second kappa shape index (κ2) is 6.76. The summed E-state index contributed by atoms with van der Waals surface area (Å²) in [5, 5.41) is 22.8. The first-order valence-electron chi connectivity index (χ1n) is 7.69. The van der Waals surface area contributed by atoms with Gasteiger partial charge in [0, 0.05) is 11.6 Å². The van der Waals surface area contributed by atoms with Crippen LogP contribution in [0.15, 0.2) is 52.5 Å².